The Labute approximate surface area is 104 Å². The van der Waals surface area contributed by atoms with Gasteiger partial charge in [0.25, 0.3) is 0 Å². The molecule has 0 aliphatic rings. The van der Waals surface area contributed by atoms with Crippen LogP contribution < -0.4 is 0 Å². The molecule has 5 heteroatoms. The molecule has 0 bridgehead atoms. The van der Waals surface area contributed by atoms with Crippen LogP contribution in [-0.4, -0.2) is 32.7 Å². The Morgan fingerprint density at radius 2 is 1.76 bits per heavy atom. The summed E-state index contributed by atoms with van der Waals surface area (Å²) in [5, 5.41) is 16.4. The first-order chi connectivity index (χ1) is 8.00. The summed E-state index contributed by atoms with van der Waals surface area (Å²) in [6.07, 6.45) is 0.332. The zero-order valence-corrected chi connectivity index (χ0v) is 10.2. The van der Waals surface area contributed by atoms with Crippen LogP contribution in [0.25, 0.3) is 0 Å². The third-order valence-corrected chi connectivity index (χ3v) is 3.56. The second kappa shape index (κ2) is 6.30. The minimum Gasteiger partial charge on any atom is -0.480 e. The SMILES string of the molecule is CC(SC(Cc1ccccc1)C(=O)O)C(=O)O. The number of thioether (sulfide) groups is 1. The third kappa shape index (κ3) is 4.48. The Balaban J connectivity index is 2.67. The minimum absolute atomic E-state index is 0.332. The normalized spacial score (nSPS) is 13.9. The molecule has 1 aromatic carbocycles. The Morgan fingerprint density at radius 1 is 1.18 bits per heavy atom. The highest BCUT2D eigenvalue weighted by molar-refractivity contribution is 8.01. The highest BCUT2D eigenvalue weighted by Gasteiger charge is 2.24. The van der Waals surface area contributed by atoms with E-state index in [1.807, 2.05) is 30.3 Å². The van der Waals surface area contributed by atoms with E-state index in [4.69, 9.17) is 10.2 Å². The molecule has 0 saturated carbocycles. The molecule has 0 aromatic heterocycles. The lowest BCUT2D eigenvalue weighted by Gasteiger charge is -2.14. The van der Waals surface area contributed by atoms with Crippen molar-refractivity contribution in [2.24, 2.45) is 0 Å². The van der Waals surface area contributed by atoms with Crippen molar-refractivity contribution >= 4 is 23.7 Å². The van der Waals surface area contributed by atoms with Crippen LogP contribution in [0.2, 0.25) is 0 Å². The van der Waals surface area contributed by atoms with Gasteiger partial charge < -0.3 is 10.2 Å². The minimum atomic E-state index is -0.991. The van der Waals surface area contributed by atoms with E-state index in [9.17, 15) is 9.59 Å². The van der Waals surface area contributed by atoms with Gasteiger partial charge in [-0.15, -0.1) is 11.8 Å². The van der Waals surface area contributed by atoms with Gasteiger partial charge in [0.15, 0.2) is 0 Å². The Morgan fingerprint density at radius 3 is 2.24 bits per heavy atom. The van der Waals surface area contributed by atoms with Crippen molar-refractivity contribution in [2.45, 2.75) is 23.8 Å². The summed E-state index contributed by atoms with van der Waals surface area (Å²) in [5.41, 5.74) is 0.894. The molecule has 2 unspecified atom stereocenters. The van der Waals surface area contributed by atoms with Crippen molar-refractivity contribution in [3.8, 4) is 0 Å². The van der Waals surface area contributed by atoms with Gasteiger partial charge in [-0.2, -0.15) is 0 Å². The maximum Gasteiger partial charge on any atom is 0.316 e. The van der Waals surface area contributed by atoms with Crippen LogP contribution in [-0.2, 0) is 16.0 Å². The summed E-state index contributed by atoms with van der Waals surface area (Å²) in [6.45, 7) is 1.49. The maximum absolute atomic E-state index is 11.0. The summed E-state index contributed by atoms with van der Waals surface area (Å²) in [4.78, 5) is 21.7. The molecular formula is C12H14O4S. The molecule has 0 aliphatic carbocycles. The quantitative estimate of drug-likeness (QED) is 0.810. The molecule has 0 spiro atoms. The molecule has 2 N–H and O–H groups in total. The van der Waals surface area contributed by atoms with Crippen LogP contribution in [0, 0.1) is 0 Å². The zero-order valence-electron chi connectivity index (χ0n) is 9.37. The van der Waals surface area contributed by atoms with E-state index in [0.717, 1.165) is 17.3 Å². The molecule has 17 heavy (non-hydrogen) atoms. The largest absolute Gasteiger partial charge is 0.480 e. The monoisotopic (exact) mass is 254 g/mol. The maximum atomic E-state index is 11.0. The average Bonchev–Trinajstić information content (AvgIpc) is 2.29. The van der Waals surface area contributed by atoms with Crippen molar-refractivity contribution in [3.05, 3.63) is 35.9 Å². The highest BCUT2D eigenvalue weighted by atomic mass is 32.2. The van der Waals surface area contributed by atoms with Gasteiger partial charge in [-0.05, 0) is 18.9 Å². The van der Waals surface area contributed by atoms with Crippen LogP contribution >= 0.6 is 11.8 Å². The fourth-order valence-electron chi connectivity index (χ4n) is 1.33. The first-order valence-corrected chi connectivity index (χ1v) is 6.10. The number of carboxylic acid groups (broad SMARTS) is 2. The van der Waals surface area contributed by atoms with Crippen LogP contribution in [0.4, 0.5) is 0 Å². The summed E-state index contributed by atoms with van der Waals surface area (Å²) in [6, 6.07) is 9.19. The van der Waals surface area contributed by atoms with Gasteiger partial charge in [-0.1, -0.05) is 30.3 Å². The van der Waals surface area contributed by atoms with Crippen LogP contribution in [0.1, 0.15) is 12.5 Å². The molecule has 0 radical (unpaired) electrons. The second-order valence-electron chi connectivity index (χ2n) is 3.63. The topological polar surface area (TPSA) is 74.6 Å². The Bertz CT molecular complexity index is 391. The summed E-state index contributed by atoms with van der Waals surface area (Å²) in [5.74, 6) is -1.97. The van der Waals surface area contributed by atoms with E-state index < -0.39 is 22.4 Å². The molecule has 1 rings (SSSR count). The summed E-state index contributed by atoms with van der Waals surface area (Å²) >= 11 is 0.957. The lowest BCUT2D eigenvalue weighted by Crippen LogP contribution is -2.25. The lowest BCUT2D eigenvalue weighted by atomic mass is 10.1. The number of aliphatic carboxylic acids is 2. The van der Waals surface area contributed by atoms with Gasteiger partial charge >= 0.3 is 11.9 Å². The average molecular weight is 254 g/mol. The number of carbonyl (C=O) groups is 2. The van der Waals surface area contributed by atoms with Gasteiger partial charge in [0.05, 0.1) is 0 Å². The first kappa shape index (κ1) is 13.6. The van der Waals surface area contributed by atoms with Crippen LogP contribution in [0.5, 0.6) is 0 Å². The van der Waals surface area contributed by atoms with Crippen molar-refractivity contribution in [1.29, 1.82) is 0 Å². The fourth-order valence-corrected chi connectivity index (χ4v) is 2.34. The van der Waals surface area contributed by atoms with E-state index in [1.54, 1.807) is 0 Å². The van der Waals surface area contributed by atoms with Gasteiger partial charge in [-0.3, -0.25) is 9.59 Å². The molecule has 0 aliphatic heterocycles. The molecule has 0 amide bonds. The van der Waals surface area contributed by atoms with E-state index >= 15 is 0 Å². The lowest BCUT2D eigenvalue weighted by molar-refractivity contribution is -0.136. The first-order valence-electron chi connectivity index (χ1n) is 5.15. The third-order valence-electron chi connectivity index (χ3n) is 2.26. The molecule has 92 valence electrons. The van der Waals surface area contributed by atoms with Gasteiger partial charge in [0.2, 0.25) is 0 Å². The van der Waals surface area contributed by atoms with E-state index in [-0.39, 0.29) is 0 Å². The predicted octanol–water partition coefficient (Wildman–Crippen LogP) is 1.89. The molecule has 0 heterocycles. The molecule has 1 aromatic rings. The molecule has 4 nitrogen and oxygen atoms in total. The molecule has 2 atom stereocenters. The van der Waals surface area contributed by atoms with Gasteiger partial charge in [-0.25, -0.2) is 0 Å². The highest BCUT2D eigenvalue weighted by Crippen LogP contribution is 2.22. The van der Waals surface area contributed by atoms with E-state index in [0.29, 0.717) is 6.42 Å². The Kier molecular flexibility index (Phi) is 5.03. The Hall–Kier alpha value is -1.49. The van der Waals surface area contributed by atoms with Crippen LogP contribution in [0.3, 0.4) is 0 Å². The molecule has 0 saturated heterocycles. The molecule has 0 fully saturated rings. The summed E-state index contributed by atoms with van der Waals surface area (Å²) < 4.78 is 0. The molecular weight excluding hydrogens is 240 g/mol. The van der Waals surface area contributed by atoms with Crippen molar-refractivity contribution in [3.63, 3.8) is 0 Å². The van der Waals surface area contributed by atoms with Crippen molar-refractivity contribution in [1.82, 2.24) is 0 Å². The van der Waals surface area contributed by atoms with E-state index in [2.05, 4.69) is 0 Å². The number of benzene rings is 1. The van der Waals surface area contributed by atoms with Gasteiger partial charge in [0.1, 0.15) is 10.5 Å². The second-order valence-corrected chi connectivity index (χ2v) is 5.18. The zero-order chi connectivity index (χ0) is 12.8. The standard InChI is InChI=1S/C12H14O4S/c1-8(11(13)14)17-10(12(15)16)7-9-5-3-2-4-6-9/h2-6,8,10H,7H2,1H3,(H,13,14)(H,15,16). The van der Waals surface area contributed by atoms with Crippen molar-refractivity contribution in [2.75, 3.05) is 0 Å². The number of carboxylic acids is 2. The predicted molar refractivity (Wildman–Crippen MR) is 66.3 cm³/mol. The van der Waals surface area contributed by atoms with Crippen molar-refractivity contribution < 1.29 is 19.8 Å². The fraction of sp³-hybridized carbons (Fsp3) is 0.333. The van der Waals surface area contributed by atoms with E-state index in [1.165, 1.54) is 6.92 Å². The van der Waals surface area contributed by atoms with Gasteiger partial charge in [0, 0.05) is 0 Å². The number of hydrogen-bond donors (Lipinski definition) is 2. The number of rotatable bonds is 6. The van der Waals surface area contributed by atoms with Crippen LogP contribution in [0.15, 0.2) is 30.3 Å². The summed E-state index contributed by atoms with van der Waals surface area (Å²) in [7, 11) is 0. The smallest absolute Gasteiger partial charge is 0.316 e. The number of hydrogen-bond acceptors (Lipinski definition) is 3.